The molecule has 0 bridgehead atoms. The molecule has 0 spiro atoms. The van der Waals surface area contributed by atoms with Gasteiger partial charge >= 0.3 is 0 Å². The molecule has 0 N–H and O–H groups in total. The summed E-state index contributed by atoms with van der Waals surface area (Å²) in [5.41, 5.74) is 0. The number of piperazine rings is 1. The van der Waals surface area contributed by atoms with Gasteiger partial charge in [0.1, 0.15) is 6.04 Å². The van der Waals surface area contributed by atoms with Crippen LogP contribution in [0, 0.1) is 0 Å². The lowest BCUT2D eigenvalue weighted by atomic mass is 9.98. The zero-order valence-electron chi connectivity index (χ0n) is 10.0. The van der Waals surface area contributed by atoms with Crippen LogP contribution in [0.25, 0.3) is 0 Å². The molecule has 2 saturated heterocycles. The van der Waals surface area contributed by atoms with E-state index in [1.165, 1.54) is 0 Å². The summed E-state index contributed by atoms with van der Waals surface area (Å²) in [5.74, 6) is 0.298. The molecule has 0 aromatic heterocycles. The van der Waals surface area contributed by atoms with E-state index in [0.29, 0.717) is 0 Å². The Bertz CT molecular complexity index is 309. The fourth-order valence-corrected chi connectivity index (χ4v) is 3.01. The van der Waals surface area contributed by atoms with Gasteiger partial charge < -0.3 is 9.80 Å². The van der Waals surface area contributed by atoms with Crippen LogP contribution in [-0.2, 0) is 9.59 Å². The van der Waals surface area contributed by atoms with Gasteiger partial charge in [-0.2, -0.15) is 0 Å². The van der Waals surface area contributed by atoms with Gasteiger partial charge in [0.25, 0.3) is 0 Å². The van der Waals surface area contributed by atoms with Crippen molar-refractivity contribution >= 4 is 27.7 Å². The summed E-state index contributed by atoms with van der Waals surface area (Å²) in [6, 6.07) is -0.158. The number of halogens is 1. The van der Waals surface area contributed by atoms with Crippen LogP contribution in [0.3, 0.4) is 0 Å². The predicted molar refractivity (Wildman–Crippen MR) is 69.0 cm³/mol. The van der Waals surface area contributed by atoms with E-state index >= 15 is 0 Å². The Kier molecular flexibility index (Phi) is 4.42. The van der Waals surface area contributed by atoms with Crippen LogP contribution in [0.1, 0.15) is 32.1 Å². The molecule has 0 aliphatic carbocycles. The Labute approximate surface area is 110 Å². The van der Waals surface area contributed by atoms with E-state index in [4.69, 9.17) is 0 Å². The number of alkyl halides is 1. The molecule has 1 atom stereocenters. The Balaban J connectivity index is 1.96. The molecule has 4 nitrogen and oxygen atoms in total. The molecular weight excluding hydrogens is 284 g/mol. The van der Waals surface area contributed by atoms with Crippen LogP contribution in [0.5, 0.6) is 0 Å². The lowest BCUT2D eigenvalue weighted by molar-refractivity contribution is -0.157. The largest absolute Gasteiger partial charge is 0.332 e. The van der Waals surface area contributed by atoms with Crippen molar-refractivity contribution in [3.05, 3.63) is 0 Å². The number of nitrogens with zero attached hydrogens (tertiary/aromatic N) is 2. The van der Waals surface area contributed by atoms with E-state index in [2.05, 4.69) is 15.9 Å². The fraction of sp³-hybridized carbons (Fsp3) is 0.833. The minimum atomic E-state index is -0.158. The van der Waals surface area contributed by atoms with Crippen molar-refractivity contribution in [3.8, 4) is 0 Å². The molecule has 0 aromatic carbocycles. The average molecular weight is 303 g/mol. The number of hydrogen-bond donors (Lipinski definition) is 0. The zero-order valence-corrected chi connectivity index (χ0v) is 11.6. The van der Waals surface area contributed by atoms with Crippen LogP contribution in [0.4, 0.5) is 0 Å². The zero-order chi connectivity index (χ0) is 12.3. The monoisotopic (exact) mass is 302 g/mol. The van der Waals surface area contributed by atoms with Crippen molar-refractivity contribution in [3.63, 3.8) is 0 Å². The van der Waals surface area contributed by atoms with Gasteiger partial charge in [-0.15, -0.1) is 0 Å². The number of amides is 2. The minimum Gasteiger partial charge on any atom is -0.332 e. The van der Waals surface area contributed by atoms with E-state index < -0.39 is 0 Å². The van der Waals surface area contributed by atoms with E-state index in [1.54, 1.807) is 9.80 Å². The van der Waals surface area contributed by atoms with Crippen molar-refractivity contribution in [1.29, 1.82) is 0 Å². The molecule has 17 heavy (non-hydrogen) atoms. The molecule has 2 amide bonds. The average Bonchev–Trinajstić information content (AvgIpc) is 2.36. The number of carbonyl (C=O) groups is 2. The molecule has 2 heterocycles. The number of piperidine rings is 1. The van der Waals surface area contributed by atoms with Crippen LogP contribution >= 0.6 is 15.9 Å². The van der Waals surface area contributed by atoms with Crippen LogP contribution in [0.15, 0.2) is 0 Å². The highest BCUT2D eigenvalue weighted by molar-refractivity contribution is 9.09. The maximum Gasteiger partial charge on any atom is 0.245 e. The molecule has 0 aromatic rings. The minimum absolute atomic E-state index is 0.133. The maximum atomic E-state index is 12.2. The van der Waals surface area contributed by atoms with Gasteiger partial charge in [0.15, 0.2) is 0 Å². The lowest BCUT2D eigenvalue weighted by Crippen LogP contribution is -2.61. The smallest absolute Gasteiger partial charge is 0.245 e. The summed E-state index contributed by atoms with van der Waals surface area (Å²) in [7, 11) is 0. The van der Waals surface area contributed by atoms with Crippen molar-refractivity contribution in [2.75, 3.05) is 25.0 Å². The summed E-state index contributed by atoms with van der Waals surface area (Å²) < 4.78 is 0. The van der Waals surface area contributed by atoms with E-state index in [9.17, 15) is 9.59 Å². The molecule has 2 aliphatic rings. The van der Waals surface area contributed by atoms with E-state index in [0.717, 1.165) is 50.5 Å². The number of unbranched alkanes of at least 4 members (excludes halogenated alkanes) is 1. The van der Waals surface area contributed by atoms with Crippen molar-refractivity contribution in [2.24, 2.45) is 0 Å². The summed E-state index contributed by atoms with van der Waals surface area (Å²) in [6.07, 6.45) is 4.97. The normalized spacial score (nSPS) is 25.1. The van der Waals surface area contributed by atoms with Crippen LogP contribution < -0.4 is 0 Å². The summed E-state index contributed by atoms with van der Waals surface area (Å²) >= 11 is 3.38. The van der Waals surface area contributed by atoms with Gasteiger partial charge in [0.05, 0.1) is 6.54 Å². The first-order chi connectivity index (χ1) is 8.24. The van der Waals surface area contributed by atoms with Crippen molar-refractivity contribution in [1.82, 2.24) is 9.80 Å². The first kappa shape index (κ1) is 12.9. The molecule has 96 valence electrons. The third-order valence-corrected chi connectivity index (χ3v) is 4.12. The Morgan fingerprint density at radius 1 is 1.24 bits per heavy atom. The first-order valence-corrected chi connectivity index (χ1v) is 7.50. The molecule has 2 fully saturated rings. The highest BCUT2D eigenvalue weighted by Gasteiger charge is 2.39. The highest BCUT2D eigenvalue weighted by Crippen LogP contribution is 2.23. The van der Waals surface area contributed by atoms with Crippen molar-refractivity contribution < 1.29 is 9.59 Å². The van der Waals surface area contributed by atoms with E-state index in [-0.39, 0.29) is 24.4 Å². The molecule has 0 saturated carbocycles. The molecule has 0 radical (unpaired) electrons. The van der Waals surface area contributed by atoms with Gasteiger partial charge in [0, 0.05) is 18.4 Å². The lowest BCUT2D eigenvalue weighted by Gasteiger charge is -2.42. The third kappa shape index (κ3) is 2.81. The second-order valence-electron chi connectivity index (χ2n) is 4.75. The SMILES string of the molecule is O=C1C2CCCCN2C(=O)CN1CCCCBr. The van der Waals surface area contributed by atoms with Gasteiger partial charge in [0.2, 0.25) is 11.8 Å². The maximum absolute atomic E-state index is 12.2. The fourth-order valence-electron chi connectivity index (χ4n) is 2.62. The van der Waals surface area contributed by atoms with Crippen molar-refractivity contribution in [2.45, 2.75) is 38.1 Å². The standard InChI is InChI=1S/C12H19BrN2O2/c13-6-2-4-7-14-9-11(16)15-8-3-1-5-10(15)12(14)17/h10H,1-9H2. The molecular formula is C12H19BrN2O2. The topological polar surface area (TPSA) is 40.6 Å². The third-order valence-electron chi connectivity index (χ3n) is 3.56. The Hall–Kier alpha value is -0.580. The Morgan fingerprint density at radius 3 is 2.82 bits per heavy atom. The second kappa shape index (κ2) is 5.85. The van der Waals surface area contributed by atoms with Gasteiger partial charge in [-0.3, -0.25) is 9.59 Å². The van der Waals surface area contributed by atoms with Gasteiger partial charge in [-0.05, 0) is 32.1 Å². The number of hydrogen-bond acceptors (Lipinski definition) is 2. The summed E-state index contributed by atoms with van der Waals surface area (Å²) in [5, 5.41) is 0.957. The number of carbonyl (C=O) groups excluding carboxylic acids is 2. The molecule has 5 heteroatoms. The Morgan fingerprint density at radius 2 is 2.06 bits per heavy atom. The van der Waals surface area contributed by atoms with Crippen LogP contribution in [-0.4, -0.2) is 52.6 Å². The highest BCUT2D eigenvalue weighted by atomic mass is 79.9. The second-order valence-corrected chi connectivity index (χ2v) is 5.55. The number of fused-ring (bicyclic) bond motifs is 1. The van der Waals surface area contributed by atoms with Crippen LogP contribution in [0.2, 0.25) is 0 Å². The quantitative estimate of drug-likeness (QED) is 0.581. The van der Waals surface area contributed by atoms with E-state index in [1.807, 2.05) is 0 Å². The van der Waals surface area contributed by atoms with Gasteiger partial charge in [-0.25, -0.2) is 0 Å². The molecule has 1 unspecified atom stereocenters. The summed E-state index contributed by atoms with van der Waals surface area (Å²) in [6.45, 7) is 1.78. The first-order valence-electron chi connectivity index (χ1n) is 6.38. The number of rotatable bonds is 4. The predicted octanol–water partition coefficient (Wildman–Crippen LogP) is 1.38. The molecule has 2 rings (SSSR count). The molecule has 2 aliphatic heterocycles. The summed E-state index contributed by atoms with van der Waals surface area (Å²) in [4.78, 5) is 27.7. The van der Waals surface area contributed by atoms with Gasteiger partial charge in [-0.1, -0.05) is 15.9 Å².